The minimum absolute atomic E-state index is 0.316. The third-order valence-corrected chi connectivity index (χ3v) is 3.98. The van der Waals surface area contributed by atoms with Crippen LogP contribution in [0.4, 0.5) is 5.82 Å². The molecule has 0 aliphatic carbocycles. The lowest BCUT2D eigenvalue weighted by Gasteiger charge is -2.26. The lowest BCUT2D eigenvalue weighted by molar-refractivity contribution is -0.136. The largest absolute Gasteiger partial charge is 0.364 e. The van der Waals surface area contributed by atoms with Crippen LogP contribution in [0, 0.1) is 0 Å². The van der Waals surface area contributed by atoms with E-state index in [1.807, 2.05) is 60.7 Å². The number of carbonyl (C=O) groups is 1. The quantitative estimate of drug-likeness (QED) is 0.775. The number of rotatable bonds is 5. The molecule has 0 fully saturated rings. The van der Waals surface area contributed by atoms with Gasteiger partial charge in [-0.3, -0.25) is 4.79 Å². The number of carbonyl (C=O) groups excluding carboxylic acids is 1. The molecule has 3 rings (SSSR count). The maximum Gasteiger partial charge on any atom is 0.262 e. The molecule has 1 aromatic heterocycles. The Labute approximate surface area is 140 Å². The topological polar surface area (TPSA) is 64.4 Å². The molecule has 24 heavy (non-hydrogen) atoms. The van der Waals surface area contributed by atoms with Crippen LogP contribution >= 0.6 is 0 Å². The number of hydrogen-bond acceptors (Lipinski definition) is 4. The highest BCUT2D eigenvalue weighted by Gasteiger charge is 2.35. The van der Waals surface area contributed by atoms with E-state index in [9.17, 15) is 4.79 Å². The van der Waals surface area contributed by atoms with Crippen LogP contribution < -0.4 is 5.32 Å². The highest BCUT2D eigenvalue weighted by atomic mass is 16.5. The third-order valence-electron chi connectivity index (χ3n) is 3.98. The van der Waals surface area contributed by atoms with E-state index < -0.39 is 5.60 Å². The first-order chi connectivity index (χ1) is 11.6. The summed E-state index contributed by atoms with van der Waals surface area (Å²) < 4.78 is 10.8. The molecule has 0 aliphatic heterocycles. The number of nitrogens with zero attached hydrogens (tertiary/aromatic N) is 1. The smallest absolute Gasteiger partial charge is 0.262 e. The second-order valence-electron chi connectivity index (χ2n) is 5.50. The molecule has 2 aromatic carbocycles. The molecule has 5 nitrogen and oxygen atoms in total. The Hall–Kier alpha value is -2.92. The molecule has 0 saturated heterocycles. The Morgan fingerprint density at radius 2 is 1.71 bits per heavy atom. The van der Waals surface area contributed by atoms with Gasteiger partial charge in [-0.25, -0.2) is 0 Å². The van der Waals surface area contributed by atoms with Gasteiger partial charge in [0.05, 0.1) is 0 Å². The summed E-state index contributed by atoms with van der Waals surface area (Å²) in [5.74, 6) is 0.618. The fourth-order valence-corrected chi connectivity index (χ4v) is 2.41. The molecule has 1 atom stereocenters. The molecule has 0 bridgehead atoms. The van der Waals surface area contributed by atoms with E-state index in [1.54, 1.807) is 13.0 Å². The Bertz CT molecular complexity index is 815. The van der Waals surface area contributed by atoms with Crippen molar-refractivity contribution in [3.05, 3.63) is 72.3 Å². The molecule has 0 unspecified atom stereocenters. The van der Waals surface area contributed by atoms with Crippen LogP contribution in [0.15, 0.2) is 71.3 Å². The predicted octanol–water partition coefficient (Wildman–Crippen LogP) is 3.84. The summed E-state index contributed by atoms with van der Waals surface area (Å²) in [5, 5.41) is 6.66. The van der Waals surface area contributed by atoms with Gasteiger partial charge in [0.15, 0.2) is 17.2 Å². The average Bonchev–Trinajstić information content (AvgIpc) is 3.11. The van der Waals surface area contributed by atoms with Crippen molar-refractivity contribution in [3.63, 3.8) is 0 Å². The molecule has 5 heteroatoms. The van der Waals surface area contributed by atoms with E-state index in [-0.39, 0.29) is 5.91 Å². The summed E-state index contributed by atoms with van der Waals surface area (Å²) >= 11 is 0. The lowest BCUT2D eigenvalue weighted by Crippen LogP contribution is -2.39. The zero-order valence-corrected chi connectivity index (χ0v) is 13.5. The van der Waals surface area contributed by atoms with Crippen molar-refractivity contribution in [1.29, 1.82) is 0 Å². The molecular weight excluding hydrogens is 304 g/mol. The minimum Gasteiger partial charge on any atom is -0.364 e. The number of ether oxygens (including phenoxy) is 1. The summed E-state index contributed by atoms with van der Waals surface area (Å²) in [5.41, 5.74) is 0.535. The molecule has 1 amide bonds. The van der Waals surface area contributed by atoms with Gasteiger partial charge in [-0.1, -0.05) is 65.8 Å². The van der Waals surface area contributed by atoms with E-state index >= 15 is 0 Å². The number of methoxy groups -OCH3 is 1. The first-order valence-electron chi connectivity index (χ1n) is 7.58. The Morgan fingerprint density at radius 3 is 2.33 bits per heavy atom. The second-order valence-corrected chi connectivity index (χ2v) is 5.50. The van der Waals surface area contributed by atoms with Gasteiger partial charge in [-0.15, -0.1) is 0 Å². The van der Waals surface area contributed by atoms with Crippen molar-refractivity contribution in [2.45, 2.75) is 12.5 Å². The van der Waals surface area contributed by atoms with Gasteiger partial charge in [0.1, 0.15) is 0 Å². The first kappa shape index (κ1) is 16.0. The molecule has 1 heterocycles. The maximum absolute atomic E-state index is 12.7. The summed E-state index contributed by atoms with van der Waals surface area (Å²) in [4.78, 5) is 12.7. The fourth-order valence-electron chi connectivity index (χ4n) is 2.41. The van der Waals surface area contributed by atoms with Gasteiger partial charge in [-0.2, -0.15) is 0 Å². The van der Waals surface area contributed by atoms with Gasteiger partial charge in [0.25, 0.3) is 5.91 Å². The highest BCUT2D eigenvalue weighted by molar-refractivity contribution is 5.97. The molecule has 0 aliphatic rings. The Morgan fingerprint density at radius 1 is 1.08 bits per heavy atom. The lowest BCUT2D eigenvalue weighted by atomic mass is 9.95. The van der Waals surface area contributed by atoms with Crippen molar-refractivity contribution in [1.82, 2.24) is 5.16 Å². The highest BCUT2D eigenvalue weighted by Crippen LogP contribution is 2.27. The molecule has 0 saturated carbocycles. The number of amides is 1. The minimum atomic E-state index is -1.12. The zero-order chi connectivity index (χ0) is 17.0. The third kappa shape index (κ3) is 3.07. The summed E-state index contributed by atoms with van der Waals surface area (Å²) in [6.45, 7) is 1.72. The van der Waals surface area contributed by atoms with Crippen molar-refractivity contribution >= 4 is 11.7 Å². The van der Waals surface area contributed by atoms with Gasteiger partial charge in [-0.05, 0) is 12.5 Å². The second kappa shape index (κ2) is 6.68. The van der Waals surface area contributed by atoms with E-state index in [2.05, 4.69) is 10.5 Å². The number of hydrogen-bond donors (Lipinski definition) is 1. The molecule has 0 spiro atoms. The standard InChI is InChI=1S/C19H18N2O3/c1-19(23-2,15-11-7-4-8-12-15)18(22)20-17-13-16(24-21-17)14-9-5-3-6-10-14/h3-13H,1-2H3,(H,20,21,22)/t19-/m1/s1. The molecule has 0 radical (unpaired) electrons. The number of nitrogens with one attached hydrogen (secondary N) is 1. The molecule has 122 valence electrons. The van der Waals surface area contributed by atoms with E-state index in [0.29, 0.717) is 11.6 Å². The summed E-state index contributed by atoms with van der Waals surface area (Å²) in [7, 11) is 1.50. The SMILES string of the molecule is CO[C@@](C)(C(=O)Nc1cc(-c2ccccc2)on1)c1ccccc1. The maximum atomic E-state index is 12.7. The number of aromatic nitrogens is 1. The molecular formula is C19H18N2O3. The fraction of sp³-hybridized carbons (Fsp3) is 0.158. The van der Waals surface area contributed by atoms with Crippen molar-refractivity contribution < 1.29 is 14.1 Å². The van der Waals surface area contributed by atoms with Gasteiger partial charge in [0.2, 0.25) is 0 Å². The molecule has 3 aromatic rings. The molecule has 1 N–H and O–H groups in total. The van der Waals surface area contributed by atoms with Crippen LogP contribution in [0.2, 0.25) is 0 Å². The van der Waals surface area contributed by atoms with E-state index in [1.165, 1.54) is 7.11 Å². The van der Waals surface area contributed by atoms with Crippen LogP contribution in [0.5, 0.6) is 0 Å². The normalized spacial score (nSPS) is 13.2. The Balaban J connectivity index is 1.81. The van der Waals surface area contributed by atoms with Gasteiger partial charge < -0.3 is 14.6 Å². The summed E-state index contributed by atoms with van der Waals surface area (Å²) in [6, 6.07) is 20.6. The van der Waals surface area contributed by atoms with E-state index in [4.69, 9.17) is 9.26 Å². The van der Waals surface area contributed by atoms with E-state index in [0.717, 1.165) is 11.1 Å². The summed E-state index contributed by atoms with van der Waals surface area (Å²) in [6.07, 6.45) is 0. The number of anilines is 1. The average molecular weight is 322 g/mol. The van der Waals surface area contributed by atoms with Crippen LogP contribution in [-0.2, 0) is 15.1 Å². The van der Waals surface area contributed by atoms with Crippen molar-refractivity contribution in [3.8, 4) is 11.3 Å². The van der Waals surface area contributed by atoms with Crippen molar-refractivity contribution in [2.75, 3.05) is 12.4 Å². The van der Waals surface area contributed by atoms with Crippen LogP contribution in [-0.4, -0.2) is 18.2 Å². The van der Waals surface area contributed by atoms with Gasteiger partial charge >= 0.3 is 0 Å². The van der Waals surface area contributed by atoms with Crippen molar-refractivity contribution in [2.24, 2.45) is 0 Å². The van der Waals surface area contributed by atoms with Crippen LogP contribution in [0.3, 0.4) is 0 Å². The van der Waals surface area contributed by atoms with Crippen LogP contribution in [0.1, 0.15) is 12.5 Å². The monoisotopic (exact) mass is 322 g/mol. The number of benzene rings is 2. The van der Waals surface area contributed by atoms with Crippen LogP contribution in [0.25, 0.3) is 11.3 Å². The zero-order valence-electron chi connectivity index (χ0n) is 13.5. The Kier molecular flexibility index (Phi) is 4.44. The van der Waals surface area contributed by atoms with Gasteiger partial charge in [0, 0.05) is 18.7 Å². The first-order valence-corrected chi connectivity index (χ1v) is 7.58. The predicted molar refractivity (Wildman–Crippen MR) is 91.4 cm³/mol.